The fourth-order valence-electron chi connectivity index (χ4n) is 1.81. The van der Waals surface area contributed by atoms with E-state index in [0.717, 1.165) is 6.42 Å². The highest BCUT2D eigenvalue weighted by Gasteiger charge is 2.33. The summed E-state index contributed by atoms with van der Waals surface area (Å²) in [5.74, 6) is -0.644. The third-order valence-corrected chi connectivity index (χ3v) is 4.10. The van der Waals surface area contributed by atoms with Gasteiger partial charge in [-0.2, -0.15) is 0 Å². The number of hydrogen-bond acceptors (Lipinski definition) is 4. The van der Waals surface area contributed by atoms with Gasteiger partial charge in [0.1, 0.15) is 5.54 Å². The van der Waals surface area contributed by atoms with Crippen LogP contribution >= 0.6 is 15.9 Å². The van der Waals surface area contributed by atoms with Crippen LogP contribution in [0.25, 0.3) is 0 Å². The Balaban J connectivity index is 3.11. The first-order valence-electron chi connectivity index (χ1n) is 7.35. The number of rotatable bonds is 8. The number of carboxylic acids is 1. The molecule has 7 heteroatoms. The topological polar surface area (TPSA) is 84.9 Å². The lowest BCUT2D eigenvalue weighted by molar-refractivity contribution is -0.143. The van der Waals surface area contributed by atoms with Crippen LogP contribution in [0.3, 0.4) is 0 Å². The molecule has 2 N–H and O–H groups in total. The van der Waals surface area contributed by atoms with E-state index >= 15 is 0 Å². The average Bonchev–Trinajstić information content (AvgIpc) is 2.52. The maximum absolute atomic E-state index is 12.4. The highest BCUT2D eigenvalue weighted by Crippen LogP contribution is 2.36. The predicted octanol–water partition coefficient (Wildman–Crippen LogP) is 3.23. The van der Waals surface area contributed by atoms with Crippen molar-refractivity contribution in [3.05, 3.63) is 22.2 Å². The minimum atomic E-state index is -1.33. The molecule has 1 aromatic rings. The Morgan fingerprint density at radius 3 is 2.48 bits per heavy atom. The van der Waals surface area contributed by atoms with Gasteiger partial charge in [-0.05, 0) is 47.8 Å². The number of carbonyl (C=O) groups is 2. The summed E-state index contributed by atoms with van der Waals surface area (Å²) in [5, 5.41) is 11.8. The van der Waals surface area contributed by atoms with Gasteiger partial charge in [-0.3, -0.25) is 4.79 Å². The van der Waals surface area contributed by atoms with Crippen LogP contribution in [-0.4, -0.2) is 36.2 Å². The molecule has 0 saturated heterocycles. The van der Waals surface area contributed by atoms with E-state index in [2.05, 4.69) is 21.2 Å². The zero-order chi connectivity index (χ0) is 17.6. The van der Waals surface area contributed by atoms with E-state index in [9.17, 15) is 14.7 Å². The Morgan fingerprint density at radius 1 is 1.35 bits per heavy atom. The van der Waals surface area contributed by atoms with Crippen molar-refractivity contribution < 1.29 is 24.2 Å². The molecule has 1 amide bonds. The van der Waals surface area contributed by atoms with Crippen molar-refractivity contribution >= 4 is 27.8 Å². The molecule has 23 heavy (non-hydrogen) atoms. The van der Waals surface area contributed by atoms with E-state index in [1.165, 1.54) is 20.1 Å². The summed E-state index contributed by atoms with van der Waals surface area (Å²) in [6.45, 7) is 5.68. The summed E-state index contributed by atoms with van der Waals surface area (Å²) in [6.07, 6.45) is 1.11. The van der Waals surface area contributed by atoms with Crippen LogP contribution < -0.4 is 14.8 Å². The molecule has 0 fully saturated rings. The molecule has 0 aliphatic rings. The Hall–Kier alpha value is -1.76. The monoisotopic (exact) mass is 387 g/mol. The molecule has 1 aromatic carbocycles. The lowest BCUT2D eigenvalue weighted by Gasteiger charge is -2.25. The lowest BCUT2D eigenvalue weighted by atomic mass is 9.98. The van der Waals surface area contributed by atoms with Gasteiger partial charge < -0.3 is 19.9 Å². The van der Waals surface area contributed by atoms with Crippen LogP contribution in [0.2, 0.25) is 0 Å². The van der Waals surface area contributed by atoms with Crippen LogP contribution in [0, 0.1) is 0 Å². The summed E-state index contributed by atoms with van der Waals surface area (Å²) in [5.41, 5.74) is -1.03. The Bertz CT molecular complexity index is 590. The molecule has 0 bridgehead atoms. The minimum absolute atomic E-state index is 0.268. The number of aliphatic carboxylic acids is 1. The largest absolute Gasteiger partial charge is 0.493 e. The second kappa shape index (κ2) is 8.19. The first kappa shape index (κ1) is 19.3. The fraction of sp³-hybridized carbons (Fsp3) is 0.500. The summed E-state index contributed by atoms with van der Waals surface area (Å²) < 4.78 is 11.4. The molecule has 128 valence electrons. The number of nitrogens with one attached hydrogen (secondary N) is 1. The van der Waals surface area contributed by atoms with E-state index in [1.54, 1.807) is 13.0 Å². The van der Waals surface area contributed by atoms with Gasteiger partial charge in [0, 0.05) is 5.56 Å². The summed E-state index contributed by atoms with van der Waals surface area (Å²) in [4.78, 5) is 23.7. The van der Waals surface area contributed by atoms with E-state index in [0.29, 0.717) is 28.1 Å². The van der Waals surface area contributed by atoms with Gasteiger partial charge in [-0.1, -0.05) is 13.8 Å². The smallest absolute Gasteiger partial charge is 0.329 e. The predicted molar refractivity (Wildman–Crippen MR) is 90.3 cm³/mol. The average molecular weight is 388 g/mol. The van der Waals surface area contributed by atoms with Crippen molar-refractivity contribution in [1.29, 1.82) is 0 Å². The Morgan fingerprint density at radius 2 is 2.00 bits per heavy atom. The molecular formula is C16H22BrNO5. The highest BCUT2D eigenvalue weighted by atomic mass is 79.9. The SMILES string of the molecule is CCCOc1c(Br)cc(C(=O)NC(C)(CC)C(=O)O)cc1OC. The number of benzene rings is 1. The molecule has 0 heterocycles. The van der Waals surface area contributed by atoms with Gasteiger partial charge in [-0.25, -0.2) is 4.79 Å². The van der Waals surface area contributed by atoms with Gasteiger partial charge >= 0.3 is 5.97 Å². The molecule has 6 nitrogen and oxygen atoms in total. The molecule has 0 aromatic heterocycles. The third kappa shape index (κ3) is 4.60. The van der Waals surface area contributed by atoms with Crippen molar-refractivity contribution in [2.24, 2.45) is 0 Å². The molecule has 1 unspecified atom stereocenters. The zero-order valence-corrected chi connectivity index (χ0v) is 15.3. The minimum Gasteiger partial charge on any atom is -0.493 e. The molecule has 0 spiro atoms. The second-order valence-corrected chi connectivity index (χ2v) is 6.14. The first-order chi connectivity index (χ1) is 10.8. The van der Waals surface area contributed by atoms with E-state index in [4.69, 9.17) is 9.47 Å². The number of carbonyl (C=O) groups excluding carboxylic acids is 1. The highest BCUT2D eigenvalue weighted by molar-refractivity contribution is 9.10. The van der Waals surface area contributed by atoms with Crippen LogP contribution in [0.15, 0.2) is 16.6 Å². The zero-order valence-electron chi connectivity index (χ0n) is 13.7. The summed E-state index contributed by atoms with van der Waals surface area (Å²) >= 11 is 3.36. The van der Waals surface area contributed by atoms with E-state index < -0.39 is 17.4 Å². The van der Waals surface area contributed by atoms with Crippen LogP contribution in [0.4, 0.5) is 0 Å². The molecule has 0 aliphatic heterocycles. The fourth-order valence-corrected chi connectivity index (χ4v) is 2.37. The molecule has 0 radical (unpaired) electrons. The van der Waals surface area contributed by atoms with Gasteiger partial charge in [0.05, 0.1) is 18.2 Å². The Labute approximate surface area is 144 Å². The lowest BCUT2D eigenvalue weighted by Crippen LogP contribution is -2.51. The summed E-state index contributed by atoms with van der Waals surface area (Å²) in [6, 6.07) is 3.11. The second-order valence-electron chi connectivity index (χ2n) is 5.28. The van der Waals surface area contributed by atoms with E-state index in [-0.39, 0.29) is 6.42 Å². The first-order valence-corrected chi connectivity index (χ1v) is 8.14. The van der Waals surface area contributed by atoms with E-state index in [1.807, 2.05) is 6.92 Å². The number of carboxylic acid groups (broad SMARTS) is 1. The maximum atomic E-state index is 12.4. The molecule has 0 saturated carbocycles. The van der Waals surface area contributed by atoms with Gasteiger partial charge in [0.25, 0.3) is 5.91 Å². The van der Waals surface area contributed by atoms with Crippen LogP contribution in [0.1, 0.15) is 44.0 Å². The molecule has 0 aliphatic carbocycles. The van der Waals surface area contributed by atoms with Crippen LogP contribution in [-0.2, 0) is 4.79 Å². The van der Waals surface area contributed by atoms with Crippen molar-refractivity contribution in [1.82, 2.24) is 5.32 Å². The van der Waals surface area contributed by atoms with Gasteiger partial charge in [-0.15, -0.1) is 0 Å². The number of amides is 1. The quantitative estimate of drug-likeness (QED) is 0.714. The normalized spacial score (nSPS) is 13.1. The number of ether oxygens (including phenoxy) is 2. The van der Waals surface area contributed by atoms with Gasteiger partial charge in [0.15, 0.2) is 11.5 Å². The van der Waals surface area contributed by atoms with Crippen molar-refractivity contribution in [2.45, 2.75) is 39.2 Å². The Kier molecular flexibility index (Phi) is 6.87. The third-order valence-electron chi connectivity index (χ3n) is 3.51. The van der Waals surface area contributed by atoms with Gasteiger partial charge in [0.2, 0.25) is 0 Å². The van der Waals surface area contributed by atoms with Crippen LogP contribution in [0.5, 0.6) is 11.5 Å². The maximum Gasteiger partial charge on any atom is 0.329 e. The number of halogens is 1. The molecule has 1 atom stereocenters. The van der Waals surface area contributed by atoms with Crippen molar-refractivity contribution in [3.63, 3.8) is 0 Å². The van der Waals surface area contributed by atoms with Crippen molar-refractivity contribution in [2.75, 3.05) is 13.7 Å². The standard InChI is InChI=1S/C16H22BrNO5/c1-5-7-23-13-11(17)8-10(9-12(13)22-4)14(19)18-16(3,6-2)15(20)21/h8-9H,5-7H2,1-4H3,(H,18,19)(H,20,21). The molecule has 1 rings (SSSR count). The van der Waals surface area contributed by atoms with Crippen molar-refractivity contribution in [3.8, 4) is 11.5 Å². The number of hydrogen-bond donors (Lipinski definition) is 2. The number of methoxy groups -OCH3 is 1. The molecular weight excluding hydrogens is 366 g/mol. The summed E-state index contributed by atoms with van der Waals surface area (Å²) in [7, 11) is 1.48.